The van der Waals surface area contributed by atoms with Crippen LogP contribution in [0.1, 0.15) is 18.5 Å². The van der Waals surface area contributed by atoms with Gasteiger partial charge in [0, 0.05) is 30.2 Å². The van der Waals surface area contributed by atoms with E-state index in [1.54, 1.807) is 13.4 Å². The van der Waals surface area contributed by atoms with Crippen LogP contribution in [0.15, 0.2) is 39.4 Å². The Bertz CT molecular complexity index is 582. The van der Waals surface area contributed by atoms with Crippen molar-refractivity contribution in [2.75, 3.05) is 20.2 Å². The van der Waals surface area contributed by atoms with Gasteiger partial charge in [-0.15, -0.1) is 0 Å². The zero-order valence-corrected chi connectivity index (χ0v) is 13.7. The molecule has 0 spiro atoms. The van der Waals surface area contributed by atoms with Gasteiger partial charge in [0.05, 0.1) is 11.8 Å². The fourth-order valence-corrected chi connectivity index (χ4v) is 2.95. The number of oxazole rings is 1. The molecule has 2 aromatic rings. The fourth-order valence-electron chi connectivity index (χ4n) is 2.68. The largest absolute Gasteiger partial charge is 0.444 e. The van der Waals surface area contributed by atoms with E-state index in [1.807, 2.05) is 24.3 Å². The van der Waals surface area contributed by atoms with E-state index in [-0.39, 0.29) is 0 Å². The SMILES string of the molecule is COC1CCCN(Cc2coc(-c3ccc(Br)cc3)n2)C1. The molecular formula is C16H19BrN2O2. The van der Waals surface area contributed by atoms with Crippen molar-refractivity contribution < 1.29 is 9.15 Å². The zero-order chi connectivity index (χ0) is 14.7. The van der Waals surface area contributed by atoms with Crippen LogP contribution in [0.25, 0.3) is 11.5 Å². The van der Waals surface area contributed by atoms with Gasteiger partial charge in [-0.1, -0.05) is 15.9 Å². The van der Waals surface area contributed by atoms with Crippen molar-refractivity contribution in [3.63, 3.8) is 0 Å². The molecule has 2 heterocycles. The maximum atomic E-state index is 5.60. The van der Waals surface area contributed by atoms with E-state index in [2.05, 4.69) is 25.8 Å². The Morgan fingerprint density at radius 1 is 1.38 bits per heavy atom. The molecule has 0 saturated carbocycles. The smallest absolute Gasteiger partial charge is 0.226 e. The summed E-state index contributed by atoms with van der Waals surface area (Å²) in [5.74, 6) is 0.679. The van der Waals surface area contributed by atoms with Crippen molar-refractivity contribution in [1.29, 1.82) is 0 Å². The molecular weight excluding hydrogens is 332 g/mol. The number of rotatable bonds is 4. The normalized spacial score (nSPS) is 19.8. The minimum absolute atomic E-state index is 0.344. The second-order valence-electron chi connectivity index (χ2n) is 5.39. The van der Waals surface area contributed by atoms with Crippen molar-refractivity contribution in [2.45, 2.75) is 25.5 Å². The number of likely N-dealkylation sites (tertiary alicyclic amines) is 1. The van der Waals surface area contributed by atoms with Gasteiger partial charge in [-0.2, -0.15) is 0 Å². The van der Waals surface area contributed by atoms with Gasteiger partial charge in [-0.25, -0.2) is 4.98 Å². The summed E-state index contributed by atoms with van der Waals surface area (Å²) >= 11 is 3.43. The van der Waals surface area contributed by atoms with Crippen LogP contribution in [-0.2, 0) is 11.3 Å². The van der Waals surface area contributed by atoms with Crippen molar-refractivity contribution in [3.05, 3.63) is 40.7 Å². The third-order valence-corrected chi connectivity index (χ3v) is 4.35. The van der Waals surface area contributed by atoms with Crippen LogP contribution >= 0.6 is 15.9 Å². The Balaban J connectivity index is 1.66. The van der Waals surface area contributed by atoms with Crippen LogP contribution in [0, 0.1) is 0 Å². The molecule has 1 saturated heterocycles. The highest BCUT2D eigenvalue weighted by Crippen LogP contribution is 2.22. The number of methoxy groups -OCH3 is 1. The van der Waals surface area contributed by atoms with Gasteiger partial charge in [0.2, 0.25) is 5.89 Å². The van der Waals surface area contributed by atoms with Crippen LogP contribution in [0.2, 0.25) is 0 Å². The van der Waals surface area contributed by atoms with E-state index in [1.165, 1.54) is 6.42 Å². The fraction of sp³-hybridized carbons (Fsp3) is 0.438. The van der Waals surface area contributed by atoms with E-state index in [9.17, 15) is 0 Å². The van der Waals surface area contributed by atoms with Gasteiger partial charge in [0.25, 0.3) is 0 Å². The zero-order valence-electron chi connectivity index (χ0n) is 12.1. The monoisotopic (exact) mass is 350 g/mol. The van der Waals surface area contributed by atoms with Gasteiger partial charge in [-0.3, -0.25) is 4.90 Å². The lowest BCUT2D eigenvalue weighted by Gasteiger charge is -2.31. The van der Waals surface area contributed by atoms with E-state index in [0.29, 0.717) is 12.0 Å². The van der Waals surface area contributed by atoms with Crippen LogP contribution in [0.4, 0.5) is 0 Å². The minimum Gasteiger partial charge on any atom is -0.444 e. The van der Waals surface area contributed by atoms with Crippen molar-refractivity contribution in [3.8, 4) is 11.5 Å². The lowest BCUT2D eigenvalue weighted by Crippen LogP contribution is -2.38. The first-order valence-electron chi connectivity index (χ1n) is 7.20. The van der Waals surface area contributed by atoms with Crippen molar-refractivity contribution >= 4 is 15.9 Å². The summed E-state index contributed by atoms with van der Waals surface area (Å²) in [6.07, 6.45) is 4.43. The third-order valence-electron chi connectivity index (χ3n) is 3.82. The first-order valence-corrected chi connectivity index (χ1v) is 7.99. The highest BCUT2D eigenvalue weighted by molar-refractivity contribution is 9.10. The van der Waals surface area contributed by atoms with Gasteiger partial charge >= 0.3 is 0 Å². The van der Waals surface area contributed by atoms with Crippen LogP contribution in [0.3, 0.4) is 0 Å². The molecule has 1 aliphatic heterocycles. The van der Waals surface area contributed by atoms with E-state index < -0.39 is 0 Å². The number of hydrogen-bond acceptors (Lipinski definition) is 4. The molecule has 112 valence electrons. The first kappa shape index (κ1) is 14.8. The maximum Gasteiger partial charge on any atom is 0.226 e. The molecule has 1 aromatic heterocycles. The summed E-state index contributed by atoms with van der Waals surface area (Å²) in [5, 5.41) is 0. The van der Waals surface area contributed by atoms with Gasteiger partial charge in [0.15, 0.2) is 0 Å². The summed E-state index contributed by atoms with van der Waals surface area (Å²) < 4.78 is 12.1. The molecule has 1 unspecified atom stereocenters. The minimum atomic E-state index is 0.344. The third kappa shape index (κ3) is 3.73. The Kier molecular flexibility index (Phi) is 4.73. The Labute approximate surface area is 133 Å². The molecule has 4 nitrogen and oxygen atoms in total. The summed E-state index contributed by atoms with van der Waals surface area (Å²) in [6, 6.07) is 7.99. The van der Waals surface area contributed by atoms with E-state index >= 15 is 0 Å². The molecule has 1 atom stereocenters. The van der Waals surface area contributed by atoms with Crippen molar-refractivity contribution in [1.82, 2.24) is 9.88 Å². The lowest BCUT2D eigenvalue weighted by molar-refractivity contribution is 0.0281. The van der Waals surface area contributed by atoms with E-state index in [4.69, 9.17) is 9.15 Å². The molecule has 1 aliphatic rings. The van der Waals surface area contributed by atoms with Gasteiger partial charge in [-0.05, 0) is 43.7 Å². The maximum absolute atomic E-state index is 5.60. The Morgan fingerprint density at radius 2 is 2.19 bits per heavy atom. The summed E-state index contributed by atoms with van der Waals surface area (Å²) in [5.41, 5.74) is 1.97. The summed E-state index contributed by atoms with van der Waals surface area (Å²) in [6.45, 7) is 2.89. The lowest BCUT2D eigenvalue weighted by atomic mass is 10.1. The molecule has 0 aliphatic carbocycles. The Morgan fingerprint density at radius 3 is 2.95 bits per heavy atom. The topological polar surface area (TPSA) is 38.5 Å². The molecule has 0 radical (unpaired) electrons. The van der Waals surface area contributed by atoms with E-state index in [0.717, 1.165) is 41.8 Å². The van der Waals surface area contributed by atoms with Gasteiger partial charge < -0.3 is 9.15 Å². The standard InChI is InChI=1S/C16H19BrN2O2/c1-20-15-3-2-8-19(10-15)9-14-11-21-16(18-14)12-4-6-13(17)7-5-12/h4-7,11,15H,2-3,8-10H2,1H3. The first-order chi connectivity index (χ1) is 10.2. The quantitative estimate of drug-likeness (QED) is 0.842. The number of ether oxygens (including phenoxy) is 1. The molecule has 3 rings (SSSR count). The predicted octanol–water partition coefficient (Wildman–Crippen LogP) is 3.71. The average Bonchev–Trinajstić information content (AvgIpc) is 2.96. The molecule has 1 fully saturated rings. The Hall–Kier alpha value is -1.17. The summed E-state index contributed by atoms with van der Waals surface area (Å²) in [4.78, 5) is 6.97. The molecule has 0 bridgehead atoms. The number of halogens is 1. The second kappa shape index (κ2) is 6.73. The predicted molar refractivity (Wildman–Crippen MR) is 84.9 cm³/mol. The number of hydrogen-bond donors (Lipinski definition) is 0. The number of piperidine rings is 1. The number of aromatic nitrogens is 1. The van der Waals surface area contributed by atoms with Crippen LogP contribution in [-0.4, -0.2) is 36.2 Å². The second-order valence-corrected chi connectivity index (χ2v) is 6.30. The van der Waals surface area contributed by atoms with Crippen LogP contribution in [0.5, 0.6) is 0 Å². The molecule has 0 N–H and O–H groups in total. The number of benzene rings is 1. The van der Waals surface area contributed by atoms with Gasteiger partial charge in [0.1, 0.15) is 6.26 Å². The van der Waals surface area contributed by atoms with Crippen LogP contribution < -0.4 is 0 Å². The molecule has 0 amide bonds. The highest BCUT2D eigenvalue weighted by Gasteiger charge is 2.20. The molecule has 5 heteroatoms. The average molecular weight is 351 g/mol. The molecule has 1 aromatic carbocycles. The summed E-state index contributed by atoms with van der Waals surface area (Å²) in [7, 11) is 1.79. The molecule has 21 heavy (non-hydrogen) atoms. The van der Waals surface area contributed by atoms with Crippen molar-refractivity contribution in [2.24, 2.45) is 0 Å². The highest BCUT2D eigenvalue weighted by atomic mass is 79.9. The number of nitrogens with zero attached hydrogens (tertiary/aromatic N) is 2.